The van der Waals surface area contributed by atoms with E-state index in [0.717, 1.165) is 0 Å². The molecule has 2 nitrogen and oxygen atoms in total. The number of methoxy groups -OCH3 is 1. The van der Waals surface area contributed by atoms with Gasteiger partial charge in [0.2, 0.25) is 0 Å². The summed E-state index contributed by atoms with van der Waals surface area (Å²) in [6.45, 7) is 2.04. The Balaban J connectivity index is 2.40. The van der Waals surface area contributed by atoms with Crippen molar-refractivity contribution in [2.45, 2.75) is 24.2 Å². The summed E-state index contributed by atoms with van der Waals surface area (Å²) >= 11 is 1.66. The first-order valence-corrected chi connectivity index (χ1v) is 6.28. The maximum absolute atomic E-state index is 14.0. The van der Waals surface area contributed by atoms with E-state index < -0.39 is 11.4 Å². The standard InChI is InChI=1S/C12H15FO2S/c1-8-6-12(14,7-16-8)9-4-3-5-10(15-2)11(9)13/h3-5,8,14H,6-7H2,1-2H3. The number of rotatable bonds is 2. The van der Waals surface area contributed by atoms with E-state index in [0.29, 0.717) is 23.0 Å². The molecule has 4 heteroatoms. The molecule has 1 aliphatic rings. The molecular formula is C12H15FO2S. The minimum atomic E-state index is -1.05. The molecule has 1 aliphatic heterocycles. The van der Waals surface area contributed by atoms with Crippen LogP contribution < -0.4 is 4.74 Å². The summed E-state index contributed by atoms with van der Waals surface area (Å²) in [5, 5.41) is 10.8. The van der Waals surface area contributed by atoms with Crippen LogP contribution in [0.5, 0.6) is 5.75 Å². The van der Waals surface area contributed by atoms with E-state index in [1.54, 1.807) is 30.0 Å². The predicted octanol–water partition coefficient (Wildman–Crippen LogP) is 2.55. The zero-order valence-electron chi connectivity index (χ0n) is 9.37. The summed E-state index contributed by atoms with van der Waals surface area (Å²) in [5.41, 5.74) is -0.702. The quantitative estimate of drug-likeness (QED) is 0.864. The molecule has 1 aromatic rings. The molecular weight excluding hydrogens is 227 g/mol. The maximum atomic E-state index is 14.0. The number of aliphatic hydroxyl groups is 1. The van der Waals surface area contributed by atoms with Crippen LogP contribution >= 0.6 is 11.8 Å². The molecule has 0 amide bonds. The van der Waals surface area contributed by atoms with Crippen molar-refractivity contribution in [2.75, 3.05) is 12.9 Å². The molecule has 2 unspecified atom stereocenters. The van der Waals surface area contributed by atoms with Crippen LogP contribution in [0.2, 0.25) is 0 Å². The van der Waals surface area contributed by atoms with E-state index in [1.807, 2.05) is 6.92 Å². The van der Waals surface area contributed by atoms with Crippen LogP contribution in [0.25, 0.3) is 0 Å². The molecule has 1 fully saturated rings. The van der Waals surface area contributed by atoms with Crippen molar-refractivity contribution in [3.05, 3.63) is 29.6 Å². The van der Waals surface area contributed by atoms with E-state index >= 15 is 0 Å². The van der Waals surface area contributed by atoms with Gasteiger partial charge >= 0.3 is 0 Å². The smallest absolute Gasteiger partial charge is 0.171 e. The van der Waals surface area contributed by atoms with Gasteiger partial charge in [0, 0.05) is 16.6 Å². The zero-order valence-corrected chi connectivity index (χ0v) is 10.2. The van der Waals surface area contributed by atoms with Crippen LogP contribution in [0.3, 0.4) is 0 Å². The molecule has 1 saturated heterocycles. The molecule has 1 aromatic carbocycles. The summed E-state index contributed by atoms with van der Waals surface area (Å²) in [7, 11) is 1.43. The summed E-state index contributed by atoms with van der Waals surface area (Å²) in [4.78, 5) is 0. The predicted molar refractivity (Wildman–Crippen MR) is 63.4 cm³/mol. The van der Waals surface area contributed by atoms with Crippen molar-refractivity contribution in [2.24, 2.45) is 0 Å². The van der Waals surface area contributed by atoms with Crippen LogP contribution in [0.4, 0.5) is 4.39 Å². The van der Waals surface area contributed by atoms with Crippen molar-refractivity contribution >= 4 is 11.8 Å². The van der Waals surface area contributed by atoms with Gasteiger partial charge in [-0.2, -0.15) is 11.8 Å². The second-order valence-corrected chi connectivity index (χ2v) is 5.61. The van der Waals surface area contributed by atoms with Gasteiger partial charge in [-0.15, -0.1) is 0 Å². The lowest BCUT2D eigenvalue weighted by molar-refractivity contribution is 0.0568. The van der Waals surface area contributed by atoms with Gasteiger partial charge in [-0.3, -0.25) is 0 Å². The Morgan fingerprint density at radius 1 is 1.56 bits per heavy atom. The molecule has 0 aromatic heterocycles. The molecule has 16 heavy (non-hydrogen) atoms. The van der Waals surface area contributed by atoms with Gasteiger partial charge in [0.1, 0.15) is 5.60 Å². The SMILES string of the molecule is COc1cccc(C2(O)CSC(C)C2)c1F. The summed E-state index contributed by atoms with van der Waals surface area (Å²) in [6, 6.07) is 4.91. The van der Waals surface area contributed by atoms with E-state index in [9.17, 15) is 9.50 Å². The second kappa shape index (κ2) is 4.26. The normalized spacial score (nSPS) is 29.4. The summed E-state index contributed by atoms with van der Waals surface area (Å²) in [6.07, 6.45) is 0.585. The first-order chi connectivity index (χ1) is 7.57. The molecule has 1 heterocycles. The highest BCUT2D eigenvalue weighted by Crippen LogP contribution is 2.43. The topological polar surface area (TPSA) is 29.5 Å². The first-order valence-electron chi connectivity index (χ1n) is 5.24. The number of ether oxygens (including phenoxy) is 1. The molecule has 0 bridgehead atoms. The Kier molecular flexibility index (Phi) is 3.13. The van der Waals surface area contributed by atoms with Gasteiger partial charge in [-0.1, -0.05) is 19.1 Å². The lowest BCUT2D eigenvalue weighted by atomic mass is 9.91. The highest BCUT2D eigenvalue weighted by molar-refractivity contribution is 8.00. The third kappa shape index (κ3) is 1.92. The largest absolute Gasteiger partial charge is 0.494 e. The molecule has 88 valence electrons. The molecule has 2 rings (SSSR count). The fourth-order valence-electron chi connectivity index (χ4n) is 2.09. The highest BCUT2D eigenvalue weighted by atomic mass is 32.2. The molecule has 0 spiro atoms. The Morgan fingerprint density at radius 2 is 2.31 bits per heavy atom. The van der Waals surface area contributed by atoms with Crippen molar-refractivity contribution in [1.29, 1.82) is 0 Å². The van der Waals surface area contributed by atoms with Gasteiger partial charge in [-0.25, -0.2) is 4.39 Å². The molecule has 0 aliphatic carbocycles. The van der Waals surface area contributed by atoms with Crippen LogP contribution in [0.15, 0.2) is 18.2 Å². The molecule has 1 N–H and O–H groups in total. The first kappa shape index (κ1) is 11.7. The lowest BCUT2D eigenvalue weighted by Gasteiger charge is -2.23. The lowest BCUT2D eigenvalue weighted by Crippen LogP contribution is -2.27. The number of thioether (sulfide) groups is 1. The fourth-order valence-corrected chi connectivity index (χ4v) is 3.32. The van der Waals surface area contributed by atoms with E-state index in [2.05, 4.69) is 0 Å². The Morgan fingerprint density at radius 3 is 2.88 bits per heavy atom. The highest BCUT2D eigenvalue weighted by Gasteiger charge is 2.40. The number of hydrogen-bond acceptors (Lipinski definition) is 3. The monoisotopic (exact) mass is 242 g/mol. The van der Waals surface area contributed by atoms with Crippen LogP contribution in [-0.4, -0.2) is 23.2 Å². The van der Waals surface area contributed by atoms with Gasteiger partial charge in [0.25, 0.3) is 0 Å². The summed E-state index contributed by atoms with van der Waals surface area (Å²) in [5.74, 6) is 0.288. The Bertz CT molecular complexity index is 397. The van der Waals surface area contributed by atoms with Crippen LogP contribution in [0.1, 0.15) is 18.9 Å². The third-order valence-electron chi connectivity index (χ3n) is 2.92. The number of benzene rings is 1. The van der Waals surface area contributed by atoms with E-state index in [-0.39, 0.29) is 5.75 Å². The Hall–Kier alpha value is -0.740. The van der Waals surface area contributed by atoms with Crippen LogP contribution in [-0.2, 0) is 5.60 Å². The van der Waals surface area contributed by atoms with Gasteiger partial charge in [0.05, 0.1) is 7.11 Å². The van der Waals surface area contributed by atoms with Crippen molar-refractivity contribution in [3.8, 4) is 5.75 Å². The fraction of sp³-hybridized carbons (Fsp3) is 0.500. The van der Waals surface area contributed by atoms with E-state index in [4.69, 9.17) is 4.74 Å². The molecule has 2 atom stereocenters. The van der Waals surface area contributed by atoms with Crippen LogP contribution in [0, 0.1) is 5.82 Å². The van der Waals surface area contributed by atoms with Gasteiger partial charge in [0.15, 0.2) is 11.6 Å². The minimum Gasteiger partial charge on any atom is -0.494 e. The number of halogens is 1. The number of hydrogen-bond donors (Lipinski definition) is 1. The molecule has 0 saturated carbocycles. The van der Waals surface area contributed by atoms with Crippen molar-refractivity contribution in [3.63, 3.8) is 0 Å². The summed E-state index contributed by atoms with van der Waals surface area (Å²) < 4.78 is 18.9. The van der Waals surface area contributed by atoms with E-state index in [1.165, 1.54) is 7.11 Å². The average Bonchev–Trinajstić information content (AvgIpc) is 2.60. The zero-order chi connectivity index (χ0) is 11.8. The van der Waals surface area contributed by atoms with Gasteiger partial charge < -0.3 is 9.84 Å². The molecule has 0 radical (unpaired) electrons. The van der Waals surface area contributed by atoms with Crippen molar-refractivity contribution < 1.29 is 14.2 Å². The second-order valence-electron chi connectivity index (χ2n) is 4.18. The van der Waals surface area contributed by atoms with Crippen molar-refractivity contribution in [1.82, 2.24) is 0 Å². The minimum absolute atomic E-state index is 0.190. The average molecular weight is 242 g/mol. The Labute approximate surface area is 98.8 Å². The maximum Gasteiger partial charge on any atom is 0.171 e. The van der Waals surface area contributed by atoms with Gasteiger partial charge in [-0.05, 0) is 12.5 Å². The third-order valence-corrected chi connectivity index (χ3v) is 4.30.